The van der Waals surface area contributed by atoms with Crippen LogP contribution in [0, 0.1) is 6.92 Å². The molecule has 1 fully saturated rings. The van der Waals surface area contributed by atoms with E-state index >= 15 is 0 Å². The molecule has 2 aromatic carbocycles. The predicted octanol–water partition coefficient (Wildman–Crippen LogP) is 3.39. The van der Waals surface area contributed by atoms with Gasteiger partial charge in [0.15, 0.2) is 0 Å². The van der Waals surface area contributed by atoms with Crippen LogP contribution in [0.5, 0.6) is 5.75 Å². The third-order valence-corrected chi connectivity index (χ3v) is 6.16. The van der Waals surface area contributed by atoms with Gasteiger partial charge in [0.1, 0.15) is 5.75 Å². The number of rotatable bonds is 4. The molecule has 0 unspecified atom stereocenters. The van der Waals surface area contributed by atoms with Gasteiger partial charge in [0.05, 0.1) is 10.5 Å². The average Bonchev–Trinajstić information content (AvgIpc) is 2.62. The maximum atomic E-state index is 12.6. The van der Waals surface area contributed by atoms with Gasteiger partial charge < -0.3 is 4.74 Å². The van der Waals surface area contributed by atoms with E-state index in [1.807, 2.05) is 19.1 Å². The van der Waals surface area contributed by atoms with Gasteiger partial charge in [-0.25, -0.2) is 13.2 Å². The molecule has 0 amide bonds. The number of esters is 1. The summed E-state index contributed by atoms with van der Waals surface area (Å²) in [5.41, 5.74) is 1.31. The van der Waals surface area contributed by atoms with Crippen molar-refractivity contribution < 1.29 is 17.9 Å². The molecule has 1 aliphatic heterocycles. The first-order valence-corrected chi connectivity index (χ1v) is 9.80. The molecule has 5 nitrogen and oxygen atoms in total. The summed E-state index contributed by atoms with van der Waals surface area (Å²) >= 11 is 0. The van der Waals surface area contributed by atoms with Crippen LogP contribution < -0.4 is 4.74 Å². The van der Waals surface area contributed by atoms with Gasteiger partial charge in [-0.1, -0.05) is 18.6 Å². The maximum Gasteiger partial charge on any atom is 0.343 e. The molecule has 3 rings (SSSR count). The summed E-state index contributed by atoms with van der Waals surface area (Å²) in [4.78, 5) is 12.4. The molecule has 25 heavy (non-hydrogen) atoms. The SMILES string of the molecule is Cc1cccc(OC(=O)c2ccc(S(=O)(=O)N3CCCCC3)cc2)c1. The molecular formula is C19H21NO4S. The van der Waals surface area contributed by atoms with Crippen molar-refractivity contribution in [2.24, 2.45) is 0 Å². The Balaban J connectivity index is 1.74. The Kier molecular flexibility index (Phi) is 5.20. The van der Waals surface area contributed by atoms with E-state index < -0.39 is 16.0 Å². The van der Waals surface area contributed by atoms with Gasteiger partial charge >= 0.3 is 5.97 Å². The Morgan fingerprint density at radius 2 is 1.68 bits per heavy atom. The molecule has 0 atom stereocenters. The Bertz CT molecular complexity index is 853. The normalized spacial score (nSPS) is 15.7. The first-order chi connectivity index (χ1) is 12.0. The number of sulfonamides is 1. The Hall–Kier alpha value is -2.18. The summed E-state index contributed by atoms with van der Waals surface area (Å²) in [6.45, 7) is 3.02. The molecule has 0 aliphatic carbocycles. The molecule has 132 valence electrons. The minimum atomic E-state index is -3.49. The molecule has 1 aliphatic rings. The quantitative estimate of drug-likeness (QED) is 0.620. The van der Waals surface area contributed by atoms with Crippen molar-refractivity contribution in [1.82, 2.24) is 4.31 Å². The summed E-state index contributed by atoms with van der Waals surface area (Å²) in [6, 6.07) is 13.1. The van der Waals surface area contributed by atoms with Crippen molar-refractivity contribution in [3.63, 3.8) is 0 Å². The monoisotopic (exact) mass is 359 g/mol. The molecular weight excluding hydrogens is 338 g/mol. The number of hydrogen-bond acceptors (Lipinski definition) is 4. The number of benzene rings is 2. The van der Waals surface area contributed by atoms with Crippen LogP contribution in [-0.4, -0.2) is 31.8 Å². The molecule has 1 heterocycles. The third kappa shape index (κ3) is 4.08. The highest BCUT2D eigenvalue weighted by Crippen LogP contribution is 2.21. The van der Waals surface area contributed by atoms with Crippen molar-refractivity contribution >= 4 is 16.0 Å². The van der Waals surface area contributed by atoms with Crippen LogP contribution in [0.3, 0.4) is 0 Å². The lowest BCUT2D eigenvalue weighted by Crippen LogP contribution is -2.35. The summed E-state index contributed by atoms with van der Waals surface area (Å²) in [5.74, 6) is -0.0393. The summed E-state index contributed by atoms with van der Waals surface area (Å²) in [7, 11) is -3.49. The number of carbonyl (C=O) groups is 1. The molecule has 0 saturated carbocycles. The highest BCUT2D eigenvalue weighted by molar-refractivity contribution is 7.89. The van der Waals surface area contributed by atoms with Crippen LogP contribution in [0.1, 0.15) is 35.2 Å². The molecule has 6 heteroatoms. The van der Waals surface area contributed by atoms with Gasteiger partial charge in [0.25, 0.3) is 0 Å². The van der Waals surface area contributed by atoms with Crippen molar-refractivity contribution in [1.29, 1.82) is 0 Å². The Morgan fingerprint density at radius 3 is 2.32 bits per heavy atom. The second-order valence-electron chi connectivity index (χ2n) is 6.20. The van der Waals surface area contributed by atoms with Crippen LogP contribution in [0.25, 0.3) is 0 Å². The topological polar surface area (TPSA) is 63.7 Å². The van der Waals surface area contributed by atoms with E-state index in [-0.39, 0.29) is 4.90 Å². The fourth-order valence-corrected chi connectivity index (χ4v) is 4.38. The number of piperidine rings is 1. The largest absolute Gasteiger partial charge is 0.423 e. The van der Waals surface area contributed by atoms with Crippen molar-refractivity contribution in [3.8, 4) is 5.75 Å². The van der Waals surface area contributed by atoms with E-state index in [4.69, 9.17) is 4.74 Å². The highest BCUT2D eigenvalue weighted by atomic mass is 32.2. The number of nitrogens with zero attached hydrogens (tertiary/aromatic N) is 1. The van der Waals surface area contributed by atoms with E-state index in [0.717, 1.165) is 24.8 Å². The first-order valence-electron chi connectivity index (χ1n) is 8.36. The average molecular weight is 359 g/mol. The molecule has 2 aromatic rings. The molecule has 0 N–H and O–H groups in total. The zero-order chi connectivity index (χ0) is 17.9. The van der Waals surface area contributed by atoms with Crippen molar-refractivity contribution in [2.45, 2.75) is 31.1 Å². The van der Waals surface area contributed by atoms with Crippen LogP contribution in [0.2, 0.25) is 0 Å². The third-order valence-electron chi connectivity index (χ3n) is 4.24. The van der Waals surface area contributed by atoms with Crippen LogP contribution >= 0.6 is 0 Å². The maximum absolute atomic E-state index is 12.6. The van der Waals surface area contributed by atoms with Crippen LogP contribution in [0.4, 0.5) is 0 Å². The summed E-state index contributed by atoms with van der Waals surface area (Å²) in [6.07, 6.45) is 2.84. The van der Waals surface area contributed by atoms with Gasteiger partial charge in [-0.2, -0.15) is 4.31 Å². The number of aryl methyl sites for hydroxylation is 1. The zero-order valence-electron chi connectivity index (χ0n) is 14.1. The van der Waals surface area contributed by atoms with Crippen LogP contribution in [-0.2, 0) is 10.0 Å². The van der Waals surface area contributed by atoms with Gasteiger partial charge in [0.2, 0.25) is 10.0 Å². The van der Waals surface area contributed by atoms with Crippen molar-refractivity contribution in [3.05, 3.63) is 59.7 Å². The summed E-state index contributed by atoms with van der Waals surface area (Å²) < 4.78 is 32.0. The van der Waals surface area contributed by atoms with Gasteiger partial charge in [-0.15, -0.1) is 0 Å². The predicted molar refractivity (Wildman–Crippen MR) is 95.2 cm³/mol. The van der Waals surface area contributed by atoms with Crippen molar-refractivity contribution in [2.75, 3.05) is 13.1 Å². The number of ether oxygens (including phenoxy) is 1. The van der Waals surface area contributed by atoms with Crippen LogP contribution in [0.15, 0.2) is 53.4 Å². The van der Waals surface area contributed by atoms with Gasteiger partial charge in [-0.3, -0.25) is 0 Å². The van der Waals surface area contributed by atoms with E-state index in [2.05, 4.69) is 0 Å². The number of carbonyl (C=O) groups excluding carboxylic acids is 1. The Morgan fingerprint density at radius 1 is 1.00 bits per heavy atom. The van der Waals surface area contributed by atoms with E-state index in [1.54, 1.807) is 12.1 Å². The van der Waals surface area contributed by atoms with Gasteiger partial charge in [0, 0.05) is 13.1 Å². The van der Waals surface area contributed by atoms with E-state index in [9.17, 15) is 13.2 Å². The lowest BCUT2D eigenvalue weighted by atomic mass is 10.2. The number of hydrogen-bond donors (Lipinski definition) is 0. The highest BCUT2D eigenvalue weighted by Gasteiger charge is 2.26. The summed E-state index contributed by atoms with van der Waals surface area (Å²) in [5, 5.41) is 0. The Labute approximate surface area is 148 Å². The standard InChI is InChI=1S/C19H21NO4S/c1-15-6-5-7-17(14-15)24-19(21)16-8-10-18(11-9-16)25(22,23)20-12-3-2-4-13-20/h5-11,14H,2-4,12-13H2,1H3. The fraction of sp³-hybridized carbons (Fsp3) is 0.316. The smallest absolute Gasteiger partial charge is 0.343 e. The minimum Gasteiger partial charge on any atom is -0.423 e. The minimum absolute atomic E-state index is 0.210. The van der Waals surface area contributed by atoms with E-state index in [0.29, 0.717) is 24.4 Å². The van der Waals surface area contributed by atoms with E-state index in [1.165, 1.54) is 28.6 Å². The van der Waals surface area contributed by atoms with Gasteiger partial charge in [-0.05, 0) is 61.7 Å². The molecule has 1 saturated heterocycles. The second-order valence-corrected chi connectivity index (χ2v) is 8.13. The first kappa shape index (κ1) is 17.6. The fourth-order valence-electron chi connectivity index (χ4n) is 2.86. The second kappa shape index (κ2) is 7.37. The molecule has 0 spiro atoms. The lowest BCUT2D eigenvalue weighted by Gasteiger charge is -2.25. The lowest BCUT2D eigenvalue weighted by molar-refractivity contribution is 0.0734. The molecule has 0 radical (unpaired) electrons. The molecule has 0 bridgehead atoms. The molecule has 0 aromatic heterocycles. The zero-order valence-corrected chi connectivity index (χ0v) is 15.0.